The Labute approximate surface area is 111 Å². The Morgan fingerprint density at radius 3 is 2.44 bits per heavy atom. The molecule has 2 aromatic rings. The van der Waals surface area contributed by atoms with Crippen molar-refractivity contribution in [2.45, 2.75) is 20.8 Å². The van der Waals surface area contributed by atoms with Crippen LogP contribution < -0.4 is 0 Å². The van der Waals surface area contributed by atoms with Gasteiger partial charge in [0.1, 0.15) is 11.1 Å². The maximum absolute atomic E-state index is 9.13. The lowest BCUT2D eigenvalue weighted by Gasteiger charge is -1.94. The highest BCUT2D eigenvalue weighted by Gasteiger charge is 2.10. The molecule has 0 N–H and O–H groups in total. The van der Waals surface area contributed by atoms with E-state index in [9.17, 15) is 0 Å². The molecule has 0 amide bonds. The predicted molar refractivity (Wildman–Crippen MR) is 76.9 cm³/mol. The molecule has 0 unspecified atom stereocenters. The van der Waals surface area contributed by atoms with E-state index in [1.165, 1.54) is 5.56 Å². The van der Waals surface area contributed by atoms with E-state index in [1.807, 2.05) is 32.2 Å². The van der Waals surface area contributed by atoms with Gasteiger partial charge in [-0.15, -0.1) is 11.3 Å². The molecule has 2 rings (SSSR count). The van der Waals surface area contributed by atoms with E-state index in [0.29, 0.717) is 5.56 Å². The highest BCUT2D eigenvalue weighted by Crippen LogP contribution is 2.33. The molecule has 1 aromatic carbocycles. The van der Waals surface area contributed by atoms with Crippen molar-refractivity contribution in [3.63, 3.8) is 0 Å². The van der Waals surface area contributed by atoms with E-state index in [1.54, 1.807) is 11.3 Å². The van der Waals surface area contributed by atoms with E-state index in [-0.39, 0.29) is 0 Å². The van der Waals surface area contributed by atoms with Gasteiger partial charge in [-0.05, 0) is 31.9 Å². The molecule has 0 aliphatic rings. The Morgan fingerprint density at radius 1 is 1.17 bits per heavy atom. The Hall–Kier alpha value is -1.92. The number of benzene rings is 1. The molecule has 2 nitrogen and oxygen atoms in total. The van der Waals surface area contributed by atoms with E-state index in [2.05, 4.69) is 30.1 Å². The summed E-state index contributed by atoms with van der Waals surface area (Å²) in [7, 11) is 0. The summed E-state index contributed by atoms with van der Waals surface area (Å²) in [4.78, 5) is 5.58. The van der Waals surface area contributed by atoms with Crippen molar-refractivity contribution in [1.82, 2.24) is 0 Å². The second-order valence-corrected chi connectivity index (χ2v) is 5.45. The highest BCUT2D eigenvalue weighted by atomic mass is 32.1. The summed E-state index contributed by atoms with van der Waals surface area (Å²) in [5, 5.41) is 9.93. The minimum absolute atomic E-state index is 0.695. The Morgan fingerprint density at radius 2 is 1.83 bits per heavy atom. The number of thiophene rings is 1. The lowest BCUT2D eigenvalue weighted by molar-refractivity contribution is 1.38. The van der Waals surface area contributed by atoms with Crippen molar-refractivity contribution >= 4 is 22.6 Å². The Bertz CT molecular complexity index is 628. The normalized spacial score (nSPS) is 10.8. The first-order valence-corrected chi connectivity index (χ1v) is 6.54. The molecule has 0 aliphatic heterocycles. The van der Waals surface area contributed by atoms with E-state index >= 15 is 0 Å². The topological polar surface area (TPSA) is 36.1 Å². The van der Waals surface area contributed by atoms with E-state index in [4.69, 9.17) is 5.26 Å². The number of hydrogen-bond acceptors (Lipinski definition) is 3. The van der Waals surface area contributed by atoms with Gasteiger partial charge in [-0.1, -0.05) is 29.8 Å². The first kappa shape index (κ1) is 12.5. The van der Waals surface area contributed by atoms with Crippen LogP contribution in [0.1, 0.15) is 27.1 Å². The summed E-state index contributed by atoms with van der Waals surface area (Å²) in [5.41, 5.74) is 4.01. The van der Waals surface area contributed by atoms with Crippen LogP contribution in [-0.2, 0) is 0 Å². The molecule has 1 heterocycles. The van der Waals surface area contributed by atoms with Crippen molar-refractivity contribution in [2.75, 3.05) is 0 Å². The third-order valence-electron chi connectivity index (χ3n) is 2.89. The Kier molecular flexibility index (Phi) is 3.59. The zero-order chi connectivity index (χ0) is 13.1. The molecular weight excluding hydrogens is 240 g/mol. The molecule has 1 aromatic heterocycles. The third kappa shape index (κ3) is 2.49. The molecule has 18 heavy (non-hydrogen) atoms. The standard InChI is InChI=1S/C15H14N2S/c1-10-4-6-13(7-5-10)9-17-15-14(8-16)11(2)12(3)18-15/h4-7,9H,1-3H3/b17-9+. The number of aliphatic imine (C=N–C) groups is 1. The fraction of sp³-hybridized carbons (Fsp3) is 0.200. The van der Waals surface area contributed by atoms with Gasteiger partial charge in [-0.2, -0.15) is 5.26 Å². The average Bonchev–Trinajstić information content (AvgIpc) is 2.64. The van der Waals surface area contributed by atoms with Gasteiger partial charge in [0.05, 0.1) is 5.56 Å². The van der Waals surface area contributed by atoms with Gasteiger partial charge >= 0.3 is 0 Å². The third-order valence-corrected chi connectivity index (χ3v) is 4.00. The number of nitrogens with zero attached hydrogens (tertiary/aromatic N) is 2. The summed E-state index contributed by atoms with van der Waals surface area (Å²) in [6, 6.07) is 10.4. The van der Waals surface area contributed by atoms with Gasteiger partial charge in [0.25, 0.3) is 0 Å². The summed E-state index contributed by atoms with van der Waals surface area (Å²) in [6.07, 6.45) is 1.81. The lowest BCUT2D eigenvalue weighted by Crippen LogP contribution is -1.81. The zero-order valence-corrected chi connectivity index (χ0v) is 11.5. The smallest absolute Gasteiger partial charge is 0.134 e. The fourth-order valence-electron chi connectivity index (χ4n) is 1.62. The summed E-state index contributed by atoms with van der Waals surface area (Å²) >= 11 is 1.57. The molecule has 0 saturated carbocycles. The second-order valence-electron chi connectivity index (χ2n) is 4.24. The first-order valence-electron chi connectivity index (χ1n) is 5.72. The summed E-state index contributed by atoms with van der Waals surface area (Å²) in [5.74, 6) is 0. The molecule has 0 radical (unpaired) electrons. The maximum Gasteiger partial charge on any atom is 0.134 e. The van der Waals surface area contributed by atoms with Crippen molar-refractivity contribution in [2.24, 2.45) is 4.99 Å². The van der Waals surface area contributed by atoms with E-state index in [0.717, 1.165) is 21.0 Å². The Balaban J connectivity index is 2.32. The van der Waals surface area contributed by atoms with E-state index < -0.39 is 0 Å². The summed E-state index contributed by atoms with van der Waals surface area (Å²) < 4.78 is 0. The van der Waals surface area contributed by atoms with Gasteiger partial charge in [0.2, 0.25) is 0 Å². The quantitative estimate of drug-likeness (QED) is 0.736. The van der Waals surface area contributed by atoms with Crippen LogP contribution in [0, 0.1) is 32.1 Å². The van der Waals surface area contributed by atoms with Crippen molar-refractivity contribution < 1.29 is 0 Å². The van der Waals surface area contributed by atoms with Gasteiger partial charge in [-0.3, -0.25) is 0 Å². The van der Waals surface area contributed by atoms with Gasteiger partial charge in [0, 0.05) is 11.1 Å². The van der Waals surface area contributed by atoms with Gasteiger partial charge < -0.3 is 0 Å². The fourth-order valence-corrected chi connectivity index (χ4v) is 2.57. The molecule has 0 saturated heterocycles. The average molecular weight is 254 g/mol. The van der Waals surface area contributed by atoms with Crippen LogP contribution in [0.25, 0.3) is 0 Å². The van der Waals surface area contributed by atoms with Gasteiger partial charge in [0.15, 0.2) is 0 Å². The maximum atomic E-state index is 9.13. The largest absolute Gasteiger partial charge is 0.244 e. The highest BCUT2D eigenvalue weighted by molar-refractivity contribution is 7.16. The van der Waals surface area contributed by atoms with Crippen LogP contribution in [0.5, 0.6) is 0 Å². The molecule has 3 heteroatoms. The van der Waals surface area contributed by atoms with Crippen molar-refractivity contribution in [3.05, 3.63) is 51.4 Å². The summed E-state index contributed by atoms with van der Waals surface area (Å²) in [6.45, 7) is 6.04. The van der Waals surface area contributed by atoms with Crippen molar-refractivity contribution in [3.8, 4) is 6.07 Å². The monoisotopic (exact) mass is 254 g/mol. The zero-order valence-electron chi connectivity index (χ0n) is 10.7. The minimum atomic E-state index is 0.695. The predicted octanol–water partition coefficient (Wildman–Crippen LogP) is 4.30. The van der Waals surface area contributed by atoms with Crippen LogP contribution in [0.2, 0.25) is 0 Å². The van der Waals surface area contributed by atoms with Crippen LogP contribution in [0.15, 0.2) is 29.3 Å². The molecule has 0 bridgehead atoms. The number of nitriles is 1. The minimum Gasteiger partial charge on any atom is -0.244 e. The molecule has 0 spiro atoms. The van der Waals surface area contributed by atoms with Crippen LogP contribution >= 0.6 is 11.3 Å². The van der Waals surface area contributed by atoms with Crippen molar-refractivity contribution in [1.29, 1.82) is 5.26 Å². The first-order chi connectivity index (χ1) is 8.61. The number of aryl methyl sites for hydroxylation is 2. The molecule has 90 valence electrons. The lowest BCUT2D eigenvalue weighted by atomic mass is 10.2. The molecular formula is C15H14N2S. The second kappa shape index (κ2) is 5.16. The number of hydrogen-bond donors (Lipinski definition) is 0. The molecule has 0 atom stereocenters. The van der Waals surface area contributed by atoms with Crippen LogP contribution in [0.3, 0.4) is 0 Å². The number of rotatable bonds is 2. The molecule has 0 aliphatic carbocycles. The van der Waals surface area contributed by atoms with Gasteiger partial charge in [-0.25, -0.2) is 4.99 Å². The van der Waals surface area contributed by atoms with Crippen LogP contribution in [0.4, 0.5) is 5.00 Å². The van der Waals surface area contributed by atoms with Crippen LogP contribution in [-0.4, -0.2) is 6.21 Å². The molecule has 0 fully saturated rings. The SMILES string of the molecule is Cc1ccc(/C=N/c2sc(C)c(C)c2C#N)cc1.